The lowest BCUT2D eigenvalue weighted by Crippen LogP contribution is -2.25. The second kappa shape index (κ2) is 6.19. The Hall–Kier alpha value is -1.34. The van der Waals surface area contributed by atoms with Crippen LogP contribution >= 0.6 is 15.9 Å². The molecule has 1 aromatic carbocycles. The highest BCUT2D eigenvalue weighted by atomic mass is 79.9. The van der Waals surface area contributed by atoms with E-state index >= 15 is 0 Å². The second-order valence-electron chi connectivity index (χ2n) is 4.60. The summed E-state index contributed by atoms with van der Waals surface area (Å²) in [6.45, 7) is 2.53. The lowest BCUT2D eigenvalue weighted by molar-refractivity contribution is -0.137. The molecule has 0 aliphatic rings. The van der Waals surface area contributed by atoms with Crippen molar-refractivity contribution in [1.29, 1.82) is 0 Å². The zero-order valence-corrected chi connectivity index (χ0v) is 13.2. The molecule has 0 aliphatic carbocycles. The number of aromatic nitrogens is 2. The smallest absolute Gasteiger partial charge is 0.305 e. The monoisotopic (exact) mass is 361 g/mol. The summed E-state index contributed by atoms with van der Waals surface area (Å²) in [5.74, 6) is 0. The largest absolute Gasteiger partial charge is 0.416 e. The number of hydrogen-bond donors (Lipinski definition) is 1. The fraction of sp³-hybridized carbons (Fsp3) is 0.357. The van der Waals surface area contributed by atoms with Gasteiger partial charge in [-0.2, -0.15) is 18.3 Å². The maximum absolute atomic E-state index is 12.9. The van der Waals surface area contributed by atoms with Crippen molar-refractivity contribution in [3.05, 3.63) is 51.8 Å². The molecule has 0 aliphatic heterocycles. The molecule has 0 saturated carbocycles. The number of aryl methyl sites for hydroxylation is 1. The summed E-state index contributed by atoms with van der Waals surface area (Å²) in [5.41, 5.74) is 0.679. The van der Waals surface area contributed by atoms with Gasteiger partial charge in [0.25, 0.3) is 0 Å². The minimum Gasteiger partial charge on any atom is -0.305 e. The van der Waals surface area contributed by atoms with Gasteiger partial charge in [-0.1, -0.05) is 22.9 Å². The average Bonchev–Trinajstić information content (AvgIpc) is 2.82. The van der Waals surface area contributed by atoms with Gasteiger partial charge < -0.3 is 5.32 Å². The maximum atomic E-state index is 12.9. The maximum Gasteiger partial charge on any atom is 0.416 e. The van der Waals surface area contributed by atoms with Gasteiger partial charge in [0.1, 0.15) is 0 Å². The fourth-order valence-corrected chi connectivity index (χ4v) is 2.66. The number of hydrogen-bond acceptors (Lipinski definition) is 2. The van der Waals surface area contributed by atoms with Gasteiger partial charge in [0, 0.05) is 17.7 Å². The number of rotatable bonds is 4. The third-order valence-electron chi connectivity index (χ3n) is 3.20. The second-order valence-corrected chi connectivity index (χ2v) is 5.46. The van der Waals surface area contributed by atoms with Crippen LogP contribution in [-0.4, -0.2) is 16.3 Å². The number of benzene rings is 1. The Morgan fingerprint density at radius 3 is 2.57 bits per heavy atom. The van der Waals surface area contributed by atoms with Gasteiger partial charge in [0.15, 0.2) is 0 Å². The van der Waals surface area contributed by atoms with Crippen molar-refractivity contribution in [2.75, 3.05) is 6.54 Å². The number of nitrogens with one attached hydrogen (secondary N) is 1. The van der Waals surface area contributed by atoms with Gasteiger partial charge in [-0.3, -0.25) is 4.68 Å². The van der Waals surface area contributed by atoms with Crippen molar-refractivity contribution < 1.29 is 13.2 Å². The van der Waals surface area contributed by atoms with E-state index in [1.165, 1.54) is 12.1 Å². The van der Waals surface area contributed by atoms with E-state index in [1.54, 1.807) is 24.0 Å². The van der Waals surface area contributed by atoms with Gasteiger partial charge in [-0.05, 0) is 36.4 Å². The van der Waals surface area contributed by atoms with Crippen LogP contribution in [0.2, 0.25) is 0 Å². The number of alkyl halides is 3. The summed E-state index contributed by atoms with van der Waals surface area (Å²) >= 11 is 3.34. The highest BCUT2D eigenvalue weighted by Crippen LogP contribution is 2.35. The highest BCUT2D eigenvalue weighted by molar-refractivity contribution is 9.10. The first-order valence-corrected chi connectivity index (χ1v) is 7.21. The summed E-state index contributed by atoms with van der Waals surface area (Å²) in [5, 5.41) is 7.29. The summed E-state index contributed by atoms with van der Waals surface area (Å²) in [6.07, 6.45) is -2.74. The van der Waals surface area contributed by atoms with Crippen LogP contribution in [0.3, 0.4) is 0 Å². The summed E-state index contributed by atoms with van der Waals surface area (Å²) in [6, 6.07) is 5.10. The Bertz CT molecular complexity index is 622. The zero-order chi connectivity index (χ0) is 15.6. The average molecular weight is 362 g/mol. The lowest BCUT2D eigenvalue weighted by atomic mass is 10.0. The highest BCUT2D eigenvalue weighted by Gasteiger charge is 2.32. The molecule has 2 rings (SSSR count). The third kappa shape index (κ3) is 3.47. The summed E-state index contributed by atoms with van der Waals surface area (Å²) < 4.78 is 41.0. The SMILES string of the molecule is CCNC(c1cc(C(F)(F)F)ccc1Br)c1ccnn1C. The van der Waals surface area contributed by atoms with Gasteiger partial charge in [0.2, 0.25) is 0 Å². The van der Waals surface area contributed by atoms with E-state index in [9.17, 15) is 13.2 Å². The first-order chi connectivity index (χ1) is 9.84. The molecule has 7 heteroatoms. The standard InChI is InChI=1S/C14H15BrF3N3/c1-3-19-13(12-6-7-20-21(12)2)10-8-9(14(16,17)18)4-5-11(10)15/h4-8,13,19H,3H2,1-2H3. The number of halogens is 4. The molecule has 0 amide bonds. The van der Waals surface area contributed by atoms with Gasteiger partial charge in [-0.25, -0.2) is 0 Å². The van der Waals surface area contributed by atoms with E-state index in [-0.39, 0.29) is 6.04 Å². The molecule has 0 bridgehead atoms. The molecule has 1 aromatic heterocycles. The normalized spacial score (nSPS) is 13.4. The van der Waals surface area contributed by atoms with Crippen molar-refractivity contribution in [3.63, 3.8) is 0 Å². The van der Waals surface area contributed by atoms with Crippen LogP contribution in [-0.2, 0) is 13.2 Å². The van der Waals surface area contributed by atoms with E-state index in [1.807, 2.05) is 6.92 Å². The van der Waals surface area contributed by atoms with Crippen LogP contribution in [0, 0.1) is 0 Å². The van der Waals surface area contributed by atoms with E-state index in [0.717, 1.165) is 11.8 Å². The molecule has 0 radical (unpaired) electrons. The Labute approximate surface area is 129 Å². The van der Waals surface area contributed by atoms with E-state index < -0.39 is 11.7 Å². The molecule has 1 atom stereocenters. The fourth-order valence-electron chi connectivity index (χ4n) is 2.19. The molecule has 3 nitrogen and oxygen atoms in total. The Kier molecular flexibility index (Phi) is 4.73. The van der Waals surface area contributed by atoms with Crippen molar-refractivity contribution in [2.45, 2.75) is 19.1 Å². The van der Waals surface area contributed by atoms with Gasteiger partial charge in [0.05, 0.1) is 17.3 Å². The van der Waals surface area contributed by atoms with Crippen molar-refractivity contribution in [2.24, 2.45) is 7.05 Å². The molecule has 21 heavy (non-hydrogen) atoms. The molecule has 1 N–H and O–H groups in total. The topological polar surface area (TPSA) is 29.9 Å². The van der Waals surface area contributed by atoms with Crippen LogP contribution in [0.5, 0.6) is 0 Å². The zero-order valence-electron chi connectivity index (χ0n) is 11.6. The summed E-state index contributed by atoms with van der Waals surface area (Å²) in [4.78, 5) is 0. The molecule has 0 saturated heterocycles. The lowest BCUT2D eigenvalue weighted by Gasteiger charge is -2.21. The van der Waals surface area contributed by atoms with Crippen LogP contribution < -0.4 is 5.32 Å². The molecule has 0 fully saturated rings. The van der Waals surface area contributed by atoms with Gasteiger partial charge >= 0.3 is 6.18 Å². The van der Waals surface area contributed by atoms with E-state index in [4.69, 9.17) is 0 Å². The summed E-state index contributed by atoms with van der Waals surface area (Å²) in [7, 11) is 1.77. The minimum absolute atomic E-state index is 0.362. The predicted octanol–water partition coefficient (Wildman–Crippen LogP) is 3.90. The Balaban J connectivity index is 2.52. The van der Waals surface area contributed by atoms with Crippen molar-refractivity contribution in [3.8, 4) is 0 Å². The molecule has 1 unspecified atom stereocenters. The molecular formula is C14H15BrF3N3. The Morgan fingerprint density at radius 2 is 2.05 bits per heavy atom. The first-order valence-electron chi connectivity index (χ1n) is 6.42. The van der Waals surface area contributed by atoms with Crippen LogP contribution in [0.1, 0.15) is 29.8 Å². The molecule has 1 heterocycles. The van der Waals surface area contributed by atoms with E-state index in [0.29, 0.717) is 16.6 Å². The van der Waals surface area contributed by atoms with Crippen molar-refractivity contribution >= 4 is 15.9 Å². The predicted molar refractivity (Wildman–Crippen MR) is 77.9 cm³/mol. The number of nitrogens with zero attached hydrogens (tertiary/aromatic N) is 2. The van der Waals surface area contributed by atoms with Crippen LogP contribution in [0.15, 0.2) is 34.9 Å². The van der Waals surface area contributed by atoms with E-state index in [2.05, 4.69) is 26.3 Å². The molecule has 114 valence electrons. The first kappa shape index (κ1) is 16.0. The molecular weight excluding hydrogens is 347 g/mol. The molecule has 0 spiro atoms. The third-order valence-corrected chi connectivity index (χ3v) is 3.92. The Morgan fingerprint density at radius 1 is 1.33 bits per heavy atom. The van der Waals surface area contributed by atoms with Crippen molar-refractivity contribution in [1.82, 2.24) is 15.1 Å². The quantitative estimate of drug-likeness (QED) is 0.894. The van der Waals surface area contributed by atoms with Crippen LogP contribution in [0.4, 0.5) is 13.2 Å². The van der Waals surface area contributed by atoms with Crippen LogP contribution in [0.25, 0.3) is 0 Å². The minimum atomic E-state index is -4.36. The molecule has 2 aromatic rings. The van der Waals surface area contributed by atoms with Gasteiger partial charge in [-0.15, -0.1) is 0 Å².